The zero-order valence-electron chi connectivity index (χ0n) is 28.2. The monoisotopic (exact) mass is 620 g/mol. The lowest BCUT2D eigenvalue weighted by molar-refractivity contribution is -0.958. The lowest BCUT2D eigenvalue weighted by Gasteiger charge is -2.53. The third-order valence-electron chi connectivity index (χ3n) is 13.2. The van der Waals surface area contributed by atoms with Crippen molar-refractivity contribution in [3.05, 3.63) is 154 Å². The molecule has 0 saturated carbocycles. The molecule has 2 aromatic heterocycles. The van der Waals surface area contributed by atoms with E-state index in [1.54, 1.807) is 0 Å². The number of para-hydroxylation sites is 2. The minimum Gasteiger partial charge on any atom is -0.308 e. The molecule has 4 heteroatoms. The number of benzene rings is 4. The molecule has 6 aromatic rings. The summed E-state index contributed by atoms with van der Waals surface area (Å²) in [7, 11) is 0. The van der Waals surface area contributed by atoms with Gasteiger partial charge in [-0.2, -0.15) is 9.47 Å². The molecule has 8 heterocycles. The third kappa shape index (κ3) is 2.32. The standard InChI is InChI=1S/C44H36N4/c1-41(2)26-15-7-8-20-33(26)47-34-21-11-14-25-32-19-9-10-22-45(32)44(35(25)34)36-38(47)30(41)24-31-39(36)48-37-27(16-12-17-28(37)43(31,5)6)42(3,4)29-18-13-23-46(44)40(29)48/h7-24H,1-6H3/q+2. The van der Waals surface area contributed by atoms with E-state index in [-0.39, 0.29) is 16.2 Å². The highest BCUT2D eigenvalue weighted by Crippen LogP contribution is 2.70. The Labute approximate surface area is 281 Å². The van der Waals surface area contributed by atoms with Crippen molar-refractivity contribution in [3.8, 4) is 11.3 Å². The van der Waals surface area contributed by atoms with Crippen LogP contribution in [0.1, 0.15) is 86.1 Å². The van der Waals surface area contributed by atoms with E-state index in [2.05, 4.69) is 170 Å². The van der Waals surface area contributed by atoms with Gasteiger partial charge in [0.25, 0.3) is 5.82 Å². The highest BCUT2D eigenvalue weighted by atomic mass is 15.4. The van der Waals surface area contributed by atoms with E-state index in [1.165, 1.54) is 90.0 Å². The number of anilines is 6. The smallest absolute Gasteiger partial charge is 0.308 e. The van der Waals surface area contributed by atoms with Crippen LogP contribution in [0, 0.1) is 0 Å². The predicted molar refractivity (Wildman–Crippen MR) is 190 cm³/mol. The molecule has 0 amide bonds. The van der Waals surface area contributed by atoms with Crippen LogP contribution < -0.4 is 18.9 Å². The molecule has 0 N–H and O–H groups in total. The molecule has 6 aliphatic rings. The van der Waals surface area contributed by atoms with Crippen LogP contribution in [0.5, 0.6) is 0 Å². The molecule has 1 unspecified atom stereocenters. The van der Waals surface area contributed by atoms with Crippen LogP contribution in [0.3, 0.4) is 0 Å². The minimum atomic E-state index is -0.603. The summed E-state index contributed by atoms with van der Waals surface area (Å²) >= 11 is 0. The van der Waals surface area contributed by atoms with Crippen LogP contribution in [0.25, 0.3) is 11.3 Å². The molecule has 6 aliphatic heterocycles. The van der Waals surface area contributed by atoms with Gasteiger partial charge < -0.3 is 4.90 Å². The van der Waals surface area contributed by atoms with Crippen molar-refractivity contribution >= 4 is 34.3 Å². The molecular formula is C44H36N4+2. The number of hydrogen-bond acceptors (Lipinski definition) is 2. The normalized spacial score (nSPS) is 21.6. The van der Waals surface area contributed by atoms with Gasteiger partial charge in [0.2, 0.25) is 5.69 Å². The van der Waals surface area contributed by atoms with Crippen LogP contribution in [0.15, 0.2) is 109 Å². The van der Waals surface area contributed by atoms with Gasteiger partial charge in [-0.05, 0) is 53.6 Å². The van der Waals surface area contributed by atoms with E-state index in [0.717, 1.165) is 0 Å². The van der Waals surface area contributed by atoms with Crippen molar-refractivity contribution in [1.82, 2.24) is 0 Å². The summed E-state index contributed by atoms with van der Waals surface area (Å²) in [5.74, 6) is 1.29. The maximum atomic E-state index is 2.69. The summed E-state index contributed by atoms with van der Waals surface area (Å²) in [5.41, 5.74) is 19.2. The Balaban J connectivity index is 1.41. The van der Waals surface area contributed by atoms with Crippen LogP contribution >= 0.6 is 0 Å². The van der Waals surface area contributed by atoms with Gasteiger partial charge in [0.1, 0.15) is 16.8 Å². The van der Waals surface area contributed by atoms with Gasteiger partial charge in [-0.15, -0.1) is 4.57 Å². The van der Waals surface area contributed by atoms with Crippen molar-refractivity contribution in [2.75, 3.05) is 9.80 Å². The molecule has 1 spiro atoms. The number of nitrogens with zero attached hydrogens (tertiary/aromatic N) is 4. The summed E-state index contributed by atoms with van der Waals surface area (Å²) in [6.07, 6.45) is 4.71. The Morgan fingerprint density at radius 2 is 1.06 bits per heavy atom. The summed E-state index contributed by atoms with van der Waals surface area (Å²) in [6.45, 7) is 14.7. The quantitative estimate of drug-likeness (QED) is 0.157. The summed E-state index contributed by atoms with van der Waals surface area (Å²) in [6, 6.07) is 37.2. The Kier molecular flexibility index (Phi) is 3.99. The Bertz CT molecular complexity index is 2570. The number of aromatic nitrogens is 2. The Hall–Kier alpha value is -5.22. The van der Waals surface area contributed by atoms with Gasteiger partial charge in [-0.3, -0.25) is 0 Å². The fraction of sp³-hybridized carbons (Fsp3) is 0.227. The van der Waals surface area contributed by atoms with Crippen LogP contribution in [0.4, 0.5) is 34.3 Å². The number of rotatable bonds is 0. The van der Waals surface area contributed by atoms with Crippen molar-refractivity contribution < 1.29 is 9.13 Å². The van der Waals surface area contributed by atoms with Crippen LogP contribution in [-0.2, 0) is 21.9 Å². The second-order valence-corrected chi connectivity index (χ2v) is 16.3. The second kappa shape index (κ2) is 7.42. The molecule has 0 radical (unpaired) electrons. The van der Waals surface area contributed by atoms with Crippen molar-refractivity contribution in [3.63, 3.8) is 0 Å². The number of fused-ring (bicyclic) bond motifs is 5. The van der Waals surface area contributed by atoms with Crippen molar-refractivity contribution in [2.45, 2.75) is 63.5 Å². The molecule has 1 atom stereocenters. The second-order valence-electron chi connectivity index (χ2n) is 16.3. The topological polar surface area (TPSA) is 14.2 Å². The van der Waals surface area contributed by atoms with Crippen molar-refractivity contribution in [2.24, 2.45) is 0 Å². The van der Waals surface area contributed by atoms with Gasteiger partial charge >= 0.3 is 5.66 Å². The van der Waals surface area contributed by atoms with E-state index < -0.39 is 5.66 Å². The fourth-order valence-electron chi connectivity index (χ4n) is 11.0. The molecule has 4 aromatic carbocycles. The molecule has 48 heavy (non-hydrogen) atoms. The van der Waals surface area contributed by atoms with E-state index in [9.17, 15) is 0 Å². The Morgan fingerprint density at radius 3 is 1.88 bits per heavy atom. The minimum absolute atomic E-state index is 0.178. The lowest BCUT2D eigenvalue weighted by atomic mass is 9.61. The predicted octanol–water partition coefficient (Wildman–Crippen LogP) is 9.02. The number of hydrogen-bond donors (Lipinski definition) is 0. The van der Waals surface area contributed by atoms with Gasteiger partial charge in [-0.1, -0.05) is 84.0 Å². The molecule has 230 valence electrons. The highest BCUT2D eigenvalue weighted by molar-refractivity contribution is 6.03. The summed E-state index contributed by atoms with van der Waals surface area (Å²) < 4.78 is 5.27. The third-order valence-corrected chi connectivity index (χ3v) is 13.2. The zero-order valence-corrected chi connectivity index (χ0v) is 28.2. The summed E-state index contributed by atoms with van der Waals surface area (Å²) in [5, 5.41) is 0. The molecule has 0 bridgehead atoms. The van der Waals surface area contributed by atoms with E-state index in [1.807, 2.05) is 0 Å². The molecule has 12 rings (SSSR count). The molecular weight excluding hydrogens is 585 g/mol. The van der Waals surface area contributed by atoms with Gasteiger partial charge in [0.15, 0.2) is 11.9 Å². The van der Waals surface area contributed by atoms with Crippen molar-refractivity contribution in [1.29, 1.82) is 0 Å². The van der Waals surface area contributed by atoms with Gasteiger partial charge in [0.05, 0.1) is 34.4 Å². The zero-order chi connectivity index (χ0) is 32.3. The molecule has 0 saturated heterocycles. The fourth-order valence-corrected chi connectivity index (χ4v) is 11.0. The average Bonchev–Trinajstić information content (AvgIpc) is 3.39. The summed E-state index contributed by atoms with van der Waals surface area (Å²) in [4.78, 5) is 5.32. The maximum Gasteiger partial charge on any atom is 0.371 e. The first kappa shape index (κ1) is 25.8. The first-order valence-electron chi connectivity index (χ1n) is 17.4. The van der Waals surface area contributed by atoms with Gasteiger partial charge in [-0.25, -0.2) is 0 Å². The molecule has 4 nitrogen and oxygen atoms in total. The Morgan fingerprint density at radius 1 is 0.458 bits per heavy atom. The van der Waals surface area contributed by atoms with E-state index >= 15 is 0 Å². The van der Waals surface area contributed by atoms with E-state index in [0.29, 0.717) is 0 Å². The average molecular weight is 621 g/mol. The number of pyridine rings is 2. The van der Waals surface area contributed by atoms with Crippen LogP contribution in [0.2, 0.25) is 0 Å². The molecule has 0 aliphatic carbocycles. The van der Waals surface area contributed by atoms with E-state index in [4.69, 9.17) is 0 Å². The molecule has 0 fully saturated rings. The largest absolute Gasteiger partial charge is 0.371 e. The SMILES string of the molecule is CC1(C)c2ccccc2N2c3cccc4c3C3(c5c2c1cc1c5N2c5c(cccc5C(C)(C)c5ccc[n+]3c52)C1(C)C)[n+]1ccccc1-4. The van der Waals surface area contributed by atoms with Gasteiger partial charge in [0, 0.05) is 45.1 Å². The maximum absolute atomic E-state index is 2.69. The lowest BCUT2D eigenvalue weighted by Crippen LogP contribution is -2.77. The van der Waals surface area contributed by atoms with Crippen LogP contribution in [-0.4, -0.2) is 0 Å². The first-order valence-corrected chi connectivity index (χ1v) is 17.4. The highest BCUT2D eigenvalue weighted by Gasteiger charge is 2.72. The first-order chi connectivity index (χ1) is 23.1.